The zero-order valence-electron chi connectivity index (χ0n) is 10.9. The first-order valence-corrected chi connectivity index (χ1v) is 7.56. The molecule has 1 aromatic rings. The molecular weight excluding hydrogens is 276 g/mol. The van der Waals surface area contributed by atoms with E-state index in [0.717, 1.165) is 13.0 Å². The molecule has 18 heavy (non-hydrogen) atoms. The van der Waals surface area contributed by atoms with Crippen molar-refractivity contribution in [2.75, 3.05) is 34.2 Å². The summed E-state index contributed by atoms with van der Waals surface area (Å²) < 4.78 is 25.8. The van der Waals surface area contributed by atoms with Crippen molar-refractivity contribution in [1.82, 2.24) is 19.4 Å². The number of halogens is 1. The number of alkyl halides is 1. The zero-order valence-corrected chi connectivity index (χ0v) is 12.4. The largest absolute Gasteiger partial charge is 0.309 e. The lowest BCUT2D eigenvalue weighted by molar-refractivity contribution is 0.370. The maximum Gasteiger partial charge on any atom is 0.260 e. The number of hydrogen-bond donors (Lipinski definition) is 1. The summed E-state index contributed by atoms with van der Waals surface area (Å²) in [7, 11) is 1.94. The minimum atomic E-state index is -3.52. The van der Waals surface area contributed by atoms with Crippen molar-refractivity contribution >= 4 is 21.6 Å². The summed E-state index contributed by atoms with van der Waals surface area (Å²) in [6.45, 7) is 1.30. The first-order valence-electron chi connectivity index (χ1n) is 5.59. The number of sulfonamides is 1. The first-order chi connectivity index (χ1) is 8.39. The van der Waals surface area contributed by atoms with E-state index < -0.39 is 10.0 Å². The van der Waals surface area contributed by atoms with Gasteiger partial charge in [0, 0.05) is 19.2 Å². The highest BCUT2D eigenvalue weighted by molar-refractivity contribution is 7.89. The molecule has 8 heteroatoms. The van der Waals surface area contributed by atoms with Gasteiger partial charge in [-0.15, -0.1) is 11.6 Å². The van der Waals surface area contributed by atoms with Crippen LogP contribution >= 0.6 is 11.6 Å². The van der Waals surface area contributed by atoms with Crippen LogP contribution in [0.3, 0.4) is 0 Å². The molecule has 0 bridgehead atoms. The fourth-order valence-electron chi connectivity index (χ4n) is 1.50. The molecule has 1 N–H and O–H groups in total. The number of hydrogen-bond acceptors (Lipinski definition) is 4. The van der Waals surface area contributed by atoms with Gasteiger partial charge in [-0.3, -0.25) is 5.10 Å². The van der Waals surface area contributed by atoms with E-state index >= 15 is 0 Å². The Hall–Kier alpha value is -0.630. The number of aromatic nitrogens is 2. The number of rotatable bonds is 7. The van der Waals surface area contributed by atoms with Crippen LogP contribution in [0.1, 0.15) is 12.0 Å². The van der Waals surface area contributed by atoms with Crippen molar-refractivity contribution in [1.29, 1.82) is 0 Å². The van der Waals surface area contributed by atoms with Gasteiger partial charge in [-0.2, -0.15) is 9.40 Å². The lowest BCUT2D eigenvalue weighted by Crippen LogP contribution is -2.30. The zero-order chi connectivity index (χ0) is 13.8. The van der Waals surface area contributed by atoms with E-state index in [0.29, 0.717) is 12.1 Å². The van der Waals surface area contributed by atoms with Crippen molar-refractivity contribution in [3.8, 4) is 0 Å². The van der Waals surface area contributed by atoms with Crippen LogP contribution in [0.4, 0.5) is 0 Å². The second kappa shape index (κ2) is 6.51. The number of nitrogens with zero attached hydrogens (tertiary/aromatic N) is 3. The summed E-state index contributed by atoms with van der Waals surface area (Å²) >= 11 is 5.68. The van der Waals surface area contributed by atoms with Crippen LogP contribution < -0.4 is 0 Å². The highest BCUT2D eigenvalue weighted by Crippen LogP contribution is 2.18. The predicted molar refractivity (Wildman–Crippen MR) is 71.1 cm³/mol. The lowest BCUT2D eigenvalue weighted by atomic mass is 10.4. The van der Waals surface area contributed by atoms with E-state index in [1.165, 1.54) is 10.5 Å². The molecule has 0 radical (unpaired) electrons. The second-order valence-electron chi connectivity index (χ2n) is 4.34. The van der Waals surface area contributed by atoms with Crippen LogP contribution in [0.25, 0.3) is 0 Å². The molecule has 1 rings (SSSR count). The summed E-state index contributed by atoms with van der Waals surface area (Å²) in [4.78, 5) is 2.01. The Morgan fingerprint density at radius 1 is 1.33 bits per heavy atom. The highest BCUT2D eigenvalue weighted by atomic mass is 35.5. The summed E-state index contributed by atoms with van der Waals surface area (Å²) in [5.74, 6) is 0.122. The van der Waals surface area contributed by atoms with E-state index in [1.54, 1.807) is 7.05 Å². The van der Waals surface area contributed by atoms with Crippen molar-refractivity contribution in [3.63, 3.8) is 0 Å². The summed E-state index contributed by atoms with van der Waals surface area (Å²) in [5, 5.41) is 6.32. The molecule has 6 nitrogen and oxygen atoms in total. The summed E-state index contributed by atoms with van der Waals surface area (Å²) in [6.07, 6.45) is 2.21. The molecule has 0 spiro atoms. The van der Waals surface area contributed by atoms with Gasteiger partial charge in [-0.1, -0.05) is 0 Å². The SMILES string of the molecule is CN(C)CCCN(C)S(=O)(=O)c1[nH]ncc1CCl. The quantitative estimate of drug-likeness (QED) is 0.753. The molecule has 0 saturated carbocycles. The maximum absolute atomic E-state index is 12.2. The third kappa shape index (κ3) is 3.68. The van der Waals surface area contributed by atoms with Gasteiger partial charge in [0.05, 0.1) is 12.1 Å². The fraction of sp³-hybridized carbons (Fsp3) is 0.700. The van der Waals surface area contributed by atoms with Crippen LogP contribution in [-0.4, -0.2) is 62.1 Å². The average Bonchev–Trinajstić information content (AvgIpc) is 2.76. The summed E-state index contributed by atoms with van der Waals surface area (Å²) in [6, 6.07) is 0. The minimum Gasteiger partial charge on any atom is -0.309 e. The van der Waals surface area contributed by atoms with E-state index in [1.807, 2.05) is 19.0 Å². The Morgan fingerprint density at radius 3 is 2.56 bits per heavy atom. The van der Waals surface area contributed by atoms with Crippen LogP contribution in [-0.2, 0) is 15.9 Å². The third-order valence-corrected chi connectivity index (χ3v) is 4.73. The topological polar surface area (TPSA) is 69.3 Å². The van der Waals surface area contributed by atoms with Crippen molar-refractivity contribution in [3.05, 3.63) is 11.8 Å². The average molecular weight is 295 g/mol. The van der Waals surface area contributed by atoms with Gasteiger partial charge in [0.1, 0.15) is 0 Å². The molecule has 0 aliphatic carbocycles. The lowest BCUT2D eigenvalue weighted by Gasteiger charge is -2.18. The van der Waals surface area contributed by atoms with Crippen molar-refractivity contribution in [2.24, 2.45) is 0 Å². The predicted octanol–water partition coefficient (Wildman–Crippen LogP) is 0.721. The molecule has 1 heterocycles. The molecule has 0 aliphatic rings. The Kier molecular flexibility index (Phi) is 5.58. The van der Waals surface area contributed by atoms with Crippen LogP contribution in [0, 0.1) is 0 Å². The van der Waals surface area contributed by atoms with Crippen LogP contribution in [0.5, 0.6) is 0 Å². The fourth-order valence-corrected chi connectivity index (χ4v) is 3.09. The molecule has 0 amide bonds. The monoisotopic (exact) mass is 294 g/mol. The number of nitrogens with one attached hydrogen (secondary N) is 1. The van der Waals surface area contributed by atoms with Gasteiger partial charge in [0.2, 0.25) is 0 Å². The van der Waals surface area contributed by atoms with Crippen LogP contribution in [0.15, 0.2) is 11.2 Å². The normalized spacial score (nSPS) is 12.6. The van der Waals surface area contributed by atoms with Gasteiger partial charge in [-0.25, -0.2) is 8.42 Å². The number of H-pyrrole nitrogens is 1. The molecular formula is C10H19ClN4O2S. The van der Waals surface area contributed by atoms with E-state index in [4.69, 9.17) is 11.6 Å². The van der Waals surface area contributed by atoms with Gasteiger partial charge < -0.3 is 4.90 Å². The Labute approximate surface area is 113 Å². The van der Waals surface area contributed by atoms with Gasteiger partial charge in [-0.05, 0) is 27.1 Å². The standard InChI is InChI=1S/C10H19ClN4O2S/c1-14(2)5-4-6-15(3)18(16,17)10-9(7-11)8-12-13-10/h8H,4-7H2,1-3H3,(H,12,13). The van der Waals surface area contributed by atoms with Crippen molar-refractivity contribution in [2.45, 2.75) is 17.3 Å². The van der Waals surface area contributed by atoms with E-state index in [-0.39, 0.29) is 10.9 Å². The van der Waals surface area contributed by atoms with Crippen molar-refractivity contribution < 1.29 is 8.42 Å². The Bertz CT molecular complexity index is 472. The van der Waals surface area contributed by atoms with E-state index in [2.05, 4.69) is 10.2 Å². The van der Waals surface area contributed by atoms with Gasteiger partial charge >= 0.3 is 0 Å². The third-order valence-electron chi connectivity index (χ3n) is 2.57. The molecule has 0 saturated heterocycles. The van der Waals surface area contributed by atoms with Crippen LogP contribution in [0.2, 0.25) is 0 Å². The molecule has 1 aromatic heterocycles. The maximum atomic E-state index is 12.2. The minimum absolute atomic E-state index is 0.0878. The molecule has 104 valence electrons. The molecule has 0 atom stereocenters. The summed E-state index contributed by atoms with van der Waals surface area (Å²) in [5.41, 5.74) is 0.496. The second-order valence-corrected chi connectivity index (χ2v) is 6.59. The molecule has 0 aromatic carbocycles. The molecule has 0 unspecified atom stereocenters. The number of aromatic amines is 1. The Balaban J connectivity index is 2.74. The van der Waals surface area contributed by atoms with E-state index in [9.17, 15) is 8.42 Å². The smallest absolute Gasteiger partial charge is 0.260 e. The van der Waals surface area contributed by atoms with Gasteiger partial charge in [0.25, 0.3) is 10.0 Å². The van der Waals surface area contributed by atoms with Gasteiger partial charge in [0.15, 0.2) is 5.03 Å². The molecule has 0 aliphatic heterocycles. The molecule has 0 fully saturated rings. The Morgan fingerprint density at radius 2 is 2.00 bits per heavy atom. The first kappa shape index (κ1) is 15.4. The highest BCUT2D eigenvalue weighted by Gasteiger charge is 2.25.